The van der Waals surface area contributed by atoms with E-state index in [0.29, 0.717) is 21.6 Å². The number of thiophene rings is 1. The molecule has 33 heavy (non-hydrogen) atoms. The highest BCUT2D eigenvalue weighted by Gasteiger charge is 2.10. The van der Waals surface area contributed by atoms with Gasteiger partial charge in [-0.3, -0.25) is 4.79 Å². The van der Waals surface area contributed by atoms with Crippen LogP contribution in [0, 0.1) is 0 Å². The largest absolute Gasteiger partial charge is 0.465 e. The molecule has 3 heterocycles. The molecule has 0 atom stereocenters. The number of aromatic amines is 2. The van der Waals surface area contributed by atoms with Gasteiger partial charge in [0.2, 0.25) is 0 Å². The van der Waals surface area contributed by atoms with Crippen molar-refractivity contribution < 1.29 is 9.53 Å². The topological polar surface area (TPSA) is 127 Å². The van der Waals surface area contributed by atoms with Gasteiger partial charge in [0.1, 0.15) is 4.88 Å². The molecular formula is C22H22N6O3S2. The Morgan fingerprint density at radius 3 is 2.82 bits per heavy atom. The lowest BCUT2D eigenvalue weighted by Gasteiger charge is -2.06. The monoisotopic (exact) mass is 482 g/mol. The first-order chi connectivity index (χ1) is 16.1. The Balaban J connectivity index is 1.29. The summed E-state index contributed by atoms with van der Waals surface area (Å²) in [6, 6.07) is 12.9. The van der Waals surface area contributed by atoms with Crippen molar-refractivity contribution >= 4 is 29.1 Å². The molecule has 0 aliphatic rings. The number of nitrogens with one attached hydrogen (secondary N) is 2. The number of H-pyrrole nitrogens is 2. The second-order valence-electron chi connectivity index (χ2n) is 7.18. The number of hydrogen-bond donors (Lipinski definition) is 2. The molecule has 1 aromatic carbocycles. The van der Waals surface area contributed by atoms with E-state index in [1.807, 2.05) is 36.4 Å². The predicted octanol–water partition coefficient (Wildman–Crippen LogP) is 3.97. The van der Waals surface area contributed by atoms with Gasteiger partial charge in [-0.1, -0.05) is 36.4 Å². The van der Waals surface area contributed by atoms with Crippen LogP contribution in [0.4, 0.5) is 0 Å². The van der Waals surface area contributed by atoms with E-state index < -0.39 is 0 Å². The van der Waals surface area contributed by atoms with E-state index in [1.54, 1.807) is 0 Å². The van der Waals surface area contributed by atoms with Crippen LogP contribution in [0.3, 0.4) is 0 Å². The van der Waals surface area contributed by atoms with Crippen LogP contribution in [-0.2, 0) is 11.2 Å². The van der Waals surface area contributed by atoms with Gasteiger partial charge in [0.15, 0.2) is 11.0 Å². The third kappa shape index (κ3) is 6.14. The first kappa shape index (κ1) is 22.9. The van der Waals surface area contributed by atoms with Crippen molar-refractivity contribution in [2.45, 2.75) is 30.8 Å². The number of carbonyl (C=O) groups excluding carboxylic acids is 1. The van der Waals surface area contributed by atoms with Gasteiger partial charge in [-0.15, -0.1) is 16.4 Å². The van der Waals surface area contributed by atoms with Gasteiger partial charge >= 0.3 is 5.97 Å². The second-order valence-corrected chi connectivity index (χ2v) is 9.44. The lowest BCUT2D eigenvalue weighted by molar-refractivity contribution is 0.0606. The van der Waals surface area contributed by atoms with Crippen LogP contribution in [0.25, 0.3) is 22.6 Å². The van der Waals surface area contributed by atoms with E-state index in [0.717, 1.165) is 42.6 Å². The fourth-order valence-electron chi connectivity index (χ4n) is 3.23. The quantitative estimate of drug-likeness (QED) is 0.150. The molecular weight excluding hydrogens is 460 g/mol. The van der Waals surface area contributed by atoms with Crippen LogP contribution in [-0.4, -0.2) is 49.4 Å². The van der Waals surface area contributed by atoms with Gasteiger partial charge in [0, 0.05) is 27.8 Å². The molecule has 11 heteroatoms. The van der Waals surface area contributed by atoms with Crippen molar-refractivity contribution in [3.63, 3.8) is 0 Å². The van der Waals surface area contributed by atoms with Gasteiger partial charge in [0.25, 0.3) is 5.56 Å². The van der Waals surface area contributed by atoms with Gasteiger partial charge in [-0.25, -0.2) is 14.9 Å². The van der Waals surface area contributed by atoms with Gasteiger partial charge in [0.05, 0.1) is 12.8 Å². The lowest BCUT2D eigenvalue weighted by atomic mass is 10.1. The Hall–Kier alpha value is -3.31. The molecule has 0 radical (unpaired) electrons. The lowest BCUT2D eigenvalue weighted by Crippen LogP contribution is -2.08. The summed E-state index contributed by atoms with van der Waals surface area (Å²) in [6.07, 6.45) is 4.03. The van der Waals surface area contributed by atoms with Crippen molar-refractivity contribution in [1.82, 2.24) is 30.6 Å². The molecule has 0 aliphatic carbocycles. The third-order valence-electron chi connectivity index (χ3n) is 4.85. The Bertz CT molecular complexity index is 1270. The summed E-state index contributed by atoms with van der Waals surface area (Å²) in [5.41, 5.74) is 2.06. The van der Waals surface area contributed by atoms with Crippen LogP contribution in [0.2, 0.25) is 0 Å². The summed E-state index contributed by atoms with van der Waals surface area (Å²) in [6.45, 7) is 0. The van der Waals surface area contributed by atoms with E-state index >= 15 is 0 Å². The third-order valence-corrected chi connectivity index (χ3v) is 6.94. The van der Waals surface area contributed by atoms with E-state index in [-0.39, 0.29) is 11.5 Å². The smallest absolute Gasteiger partial charge is 0.348 e. The Kier molecular flexibility index (Phi) is 7.63. The van der Waals surface area contributed by atoms with Crippen LogP contribution in [0.1, 0.15) is 33.8 Å². The van der Waals surface area contributed by atoms with E-state index in [9.17, 15) is 9.59 Å². The van der Waals surface area contributed by atoms with Crippen molar-refractivity contribution in [2.75, 3.05) is 12.9 Å². The minimum atomic E-state index is -0.284. The highest BCUT2D eigenvalue weighted by Crippen LogP contribution is 2.24. The zero-order chi connectivity index (χ0) is 23.0. The summed E-state index contributed by atoms with van der Waals surface area (Å²) < 4.78 is 4.75. The molecule has 0 unspecified atom stereocenters. The van der Waals surface area contributed by atoms with Crippen molar-refractivity contribution in [1.29, 1.82) is 0 Å². The average Bonchev–Trinajstić information content (AvgIpc) is 3.53. The molecule has 0 spiro atoms. The number of methoxy groups -OCH3 is 1. The zero-order valence-electron chi connectivity index (χ0n) is 17.9. The Morgan fingerprint density at radius 1 is 1.12 bits per heavy atom. The number of aromatic nitrogens is 6. The highest BCUT2D eigenvalue weighted by molar-refractivity contribution is 7.99. The van der Waals surface area contributed by atoms with Crippen LogP contribution in [0.15, 0.2) is 52.4 Å². The number of tetrazole rings is 1. The van der Waals surface area contributed by atoms with Gasteiger partial charge in [-0.2, -0.15) is 0 Å². The fourth-order valence-corrected chi connectivity index (χ4v) is 5.07. The molecule has 4 aromatic rings. The van der Waals surface area contributed by atoms with Crippen molar-refractivity contribution in [2.24, 2.45) is 0 Å². The molecule has 2 N–H and O–H groups in total. The van der Waals surface area contributed by atoms with E-state index in [2.05, 4.69) is 30.6 Å². The van der Waals surface area contributed by atoms with Crippen molar-refractivity contribution in [3.05, 3.63) is 62.6 Å². The first-order valence-electron chi connectivity index (χ1n) is 10.4. The standard InChI is InChI=1S/C22H22N6O3S2/c1-31-21(30)18-10-9-16(33-18)8-3-2-4-11-32-22-23-17(13-19(29)24-22)14-6-5-7-15(12-14)20-25-27-28-26-20/h5-7,9-10,12-13H,2-4,8,11H2,1H3,(H,23,24,29)(H,25,26,27,28). The van der Waals surface area contributed by atoms with Crippen LogP contribution in [0.5, 0.6) is 0 Å². The molecule has 0 aliphatic heterocycles. The molecule has 0 fully saturated rings. The number of thioether (sulfide) groups is 1. The maximum Gasteiger partial charge on any atom is 0.348 e. The van der Waals surface area contributed by atoms with Gasteiger partial charge in [-0.05, 0) is 47.9 Å². The fraction of sp³-hybridized carbons (Fsp3) is 0.273. The van der Waals surface area contributed by atoms with E-state index in [4.69, 9.17) is 4.74 Å². The molecule has 0 saturated heterocycles. The number of aryl methyl sites for hydroxylation is 1. The molecule has 3 aromatic heterocycles. The molecule has 9 nitrogen and oxygen atoms in total. The summed E-state index contributed by atoms with van der Waals surface area (Å²) >= 11 is 3.02. The predicted molar refractivity (Wildman–Crippen MR) is 127 cm³/mol. The number of esters is 1. The minimum absolute atomic E-state index is 0.187. The number of hydrogen-bond acceptors (Lipinski definition) is 9. The SMILES string of the molecule is COC(=O)c1ccc(CCCCCSc2nc(-c3cccc(-c4nnn[nH]4)c3)cc(=O)[nH]2)s1. The maximum absolute atomic E-state index is 12.2. The van der Waals surface area contributed by atoms with Crippen LogP contribution >= 0.6 is 23.1 Å². The van der Waals surface area contributed by atoms with Gasteiger partial charge < -0.3 is 9.72 Å². The van der Waals surface area contributed by atoms with Crippen molar-refractivity contribution in [3.8, 4) is 22.6 Å². The number of unbranched alkanes of at least 4 members (excludes halogenated alkanes) is 2. The number of rotatable bonds is 10. The molecule has 0 amide bonds. The summed E-state index contributed by atoms with van der Waals surface area (Å²) in [7, 11) is 1.39. The number of nitrogens with zero attached hydrogens (tertiary/aromatic N) is 4. The minimum Gasteiger partial charge on any atom is -0.465 e. The second kappa shape index (κ2) is 11.0. The highest BCUT2D eigenvalue weighted by atomic mass is 32.2. The molecule has 4 rings (SSSR count). The molecule has 0 saturated carbocycles. The molecule has 170 valence electrons. The number of benzene rings is 1. The summed E-state index contributed by atoms with van der Waals surface area (Å²) in [5.74, 6) is 1.13. The normalized spacial score (nSPS) is 10.9. The average molecular weight is 483 g/mol. The summed E-state index contributed by atoms with van der Waals surface area (Å²) in [4.78, 5) is 33.0. The maximum atomic E-state index is 12.2. The van der Waals surface area contributed by atoms with E-state index in [1.165, 1.54) is 41.2 Å². The Morgan fingerprint density at radius 2 is 2.00 bits per heavy atom. The molecule has 0 bridgehead atoms. The summed E-state index contributed by atoms with van der Waals surface area (Å²) in [5, 5.41) is 14.5. The number of ether oxygens (including phenoxy) is 1. The first-order valence-corrected chi connectivity index (χ1v) is 12.2. The Labute approximate surface area is 198 Å². The van der Waals surface area contributed by atoms with Crippen LogP contribution < -0.4 is 5.56 Å². The number of carbonyl (C=O) groups is 1. The zero-order valence-corrected chi connectivity index (χ0v) is 19.5.